The predicted molar refractivity (Wildman–Crippen MR) is 47.2 cm³/mol. The highest BCUT2D eigenvalue weighted by molar-refractivity contribution is 6.31. The van der Waals surface area contributed by atoms with Gasteiger partial charge in [0.05, 0.1) is 12.0 Å². The van der Waals surface area contributed by atoms with E-state index in [1.54, 1.807) is 6.92 Å². The van der Waals surface area contributed by atoms with Crippen molar-refractivity contribution in [1.82, 2.24) is 4.98 Å². The summed E-state index contributed by atoms with van der Waals surface area (Å²) >= 11 is 5.58. The summed E-state index contributed by atoms with van der Waals surface area (Å²) in [5.74, 6) is 0.271. The van der Waals surface area contributed by atoms with Crippen molar-refractivity contribution in [2.45, 2.75) is 6.92 Å². The van der Waals surface area contributed by atoms with E-state index in [2.05, 4.69) is 4.98 Å². The Kier molecular flexibility index (Phi) is 2.67. The van der Waals surface area contributed by atoms with Crippen molar-refractivity contribution in [2.24, 2.45) is 0 Å². The maximum absolute atomic E-state index is 10.5. The van der Waals surface area contributed by atoms with Crippen LogP contribution in [0.15, 0.2) is 6.07 Å². The van der Waals surface area contributed by atoms with E-state index >= 15 is 0 Å². The number of aryl methyl sites for hydroxylation is 1. The predicted octanol–water partition coefficient (Wildman–Crippen LogP) is 1.96. The molecule has 5 nitrogen and oxygen atoms in total. The Balaban J connectivity index is 3.31. The fourth-order valence-electron chi connectivity index (χ4n) is 0.922. The molecule has 1 aromatic rings. The molecular weight excluding hydrogens is 196 g/mol. The van der Waals surface area contributed by atoms with Crippen LogP contribution in [0.4, 0.5) is 5.69 Å². The first kappa shape index (κ1) is 9.73. The fourth-order valence-corrected chi connectivity index (χ4v) is 1.22. The minimum Gasteiger partial charge on any atom is -0.481 e. The summed E-state index contributed by atoms with van der Waals surface area (Å²) in [6, 6.07) is 1.46. The average molecular weight is 203 g/mol. The van der Waals surface area contributed by atoms with Gasteiger partial charge in [0, 0.05) is 11.6 Å². The summed E-state index contributed by atoms with van der Waals surface area (Å²) in [7, 11) is 1.42. The number of rotatable bonds is 2. The average Bonchev–Trinajstić information content (AvgIpc) is 2.02. The molecule has 6 heteroatoms. The van der Waals surface area contributed by atoms with Gasteiger partial charge in [-0.15, -0.1) is 0 Å². The van der Waals surface area contributed by atoms with Gasteiger partial charge >= 0.3 is 5.69 Å². The zero-order chi connectivity index (χ0) is 10.0. The van der Waals surface area contributed by atoms with Crippen LogP contribution in [0.5, 0.6) is 5.88 Å². The van der Waals surface area contributed by atoms with Crippen molar-refractivity contribution < 1.29 is 9.66 Å². The minimum atomic E-state index is -0.565. The van der Waals surface area contributed by atoms with Crippen molar-refractivity contribution in [1.29, 1.82) is 0 Å². The van der Waals surface area contributed by atoms with Crippen LogP contribution in [0.3, 0.4) is 0 Å². The minimum absolute atomic E-state index is 0.151. The van der Waals surface area contributed by atoms with Gasteiger partial charge in [0.15, 0.2) is 0 Å². The molecule has 0 atom stereocenters. The van der Waals surface area contributed by atoms with E-state index in [9.17, 15) is 10.1 Å². The van der Waals surface area contributed by atoms with Crippen molar-refractivity contribution >= 4 is 17.3 Å². The molecular formula is C7H7ClN2O3. The van der Waals surface area contributed by atoms with Crippen molar-refractivity contribution in [3.63, 3.8) is 0 Å². The number of halogens is 1. The quantitative estimate of drug-likeness (QED) is 0.418. The molecule has 70 valence electrons. The van der Waals surface area contributed by atoms with Crippen LogP contribution in [-0.4, -0.2) is 17.0 Å². The van der Waals surface area contributed by atoms with Gasteiger partial charge in [0.25, 0.3) is 0 Å². The maximum Gasteiger partial charge on any atom is 0.309 e. The molecule has 0 N–H and O–H groups in total. The van der Waals surface area contributed by atoms with E-state index in [1.807, 2.05) is 0 Å². The van der Waals surface area contributed by atoms with Gasteiger partial charge in [-0.25, -0.2) is 0 Å². The van der Waals surface area contributed by atoms with Crippen LogP contribution >= 0.6 is 11.6 Å². The molecule has 0 aliphatic rings. The van der Waals surface area contributed by atoms with Crippen molar-refractivity contribution in [2.75, 3.05) is 7.11 Å². The summed E-state index contributed by atoms with van der Waals surface area (Å²) in [6.45, 7) is 1.58. The largest absolute Gasteiger partial charge is 0.481 e. The SMILES string of the molecule is COc1cc(C)c([N+](=O)[O-])c(Cl)n1. The lowest BCUT2D eigenvalue weighted by molar-refractivity contribution is -0.385. The third-order valence-corrected chi connectivity index (χ3v) is 1.77. The van der Waals surface area contributed by atoms with Crippen molar-refractivity contribution in [3.8, 4) is 5.88 Å². The van der Waals surface area contributed by atoms with E-state index in [1.165, 1.54) is 13.2 Å². The van der Waals surface area contributed by atoms with Gasteiger partial charge in [-0.2, -0.15) is 4.98 Å². The molecule has 0 spiro atoms. The normalized spacial score (nSPS) is 9.77. The molecule has 0 bridgehead atoms. The number of aromatic nitrogens is 1. The highest BCUT2D eigenvalue weighted by atomic mass is 35.5. The molecule has 13 heavy (non-hydrogen) atoms. The van der Waals surface area contributed by atoms with Gasteiger partial charge in [0.1, 0.15) is 0 Å². The zero-order valence-corrected chi connectivity index (χ0v) is 7.83. The van der Waals surface area contributed by atoms with Gasteiger partial charge in [-0.05, 0) is 6.92 Å². The summed E-state index contributed by atoms with van der Waals surface area (Å²) in [5.41, 5.74) is 0.254. The van der Waals surface area contributed by atoms with Gasteiger partial charge in [-0.3, -0.25) is 10.1 Å². The molecule has 0 radical (unpaired) electrons. The third-order valence-electron chi connectivity index (χ3n) is 1.51. The van der Waals surface area contributed by atoms with Crippen molar-refractivity contribution in [3.05, 3.63) is 26.9 Å². The van der Waals surface area contributed by atoms with Crippen LogP contribution in [0.25, 0.3) is 0 Å². The number of hydrogen-bond acceptors (Lipinski definition) is 4. The molecule has 0 fully saturated rings. The maximum atomic E-state index is 10.5. The molecule has 1 heterocycles. The summed E-state index contributed by atoms with van der Waals surface area (Å²) in [5, 5.41) is 10.3. The Morgan fingerprint density at radius 2 is 2.31 bits per heavy atom. The van der Waals surface area contributed by atoms with Gasteiger partial charge in [0.2, 0.25) is 11.0 Å². The van der Waals surface area contributed by atoms with Crippen LogP contribution in [0.2, 0.25) is 5.15 Å². The topological polar surface area (TPSA) is 65.3 Å². The molecule has 0 saturated heterocycles. The monoisotopic (exact) mass is 202 g/mol. The lowest BCUT2D eigenvalue weighted by Gasteiger charge is -2.02. The first-order valence-electron chi connectivity index (χ1n) is 3.41. The number of nitrogens with zero attached hydrogens (tertiary/aromatic N) is 2. The summed E-state index contributed by atoms with van der Waals surface area (Å²) < 4.78 is 4.79. The number of methoxy groups -OCH3 is 1. The second-order valence-electron chi connectivity index (χ2n) is 2.38. The lowest BCUT2D eigenvalue weighted by Crippen LogP contribution is -1.97. The van der Waals surface area contributed by atoms with E-state index in [0.29, 0.717) is 5.56 Å². The van der Waals surface area contributed by atoms with E-state index in [-0.39, 0.29) is 16.7 Å². The van der Waals surface area contributed by atoms with Crippen LogP contribution in [0.1, 0.15) is 5.56 Å². The Labute approximate surface area is 79.5 Å². The zero-order valence-electron chi connectivity index (χ0n) is 7.07. The number of ether oxygens (including phenoxy) is 1. The Hall–Kier alpha value is -1.36. The standard InChI is InChI=1S/C7H7ClN2O3/c1-4-3-5(13-2)9-7(8)6(4)10(11)12/h3H,1-2H3. The number of nitro groups is 1. The molecule has 1 aromatic heterocycles. The molecule has 0 aromatic carbocycles. The Bertz CT molecular complexity index is 331. The number of hydrogen-bond donors (Lipinski definition) is 0. The molecule has 0 aliphatic carbocycles. The van der Waals surface area contributed by atoms with E-state index in [0.717, 1.165) is 0 Å². The Morgan fingerprint density at radius 3 is 2.69 bits per heavy atom. The first-order chi connectivity index (χ1) is 6.06. The van der Waals surface area contributed by atoms with E-state index in [4.69, 9.17) is 16.3 Å². The van der Waals surface area contributed by atoms with E-state index < -0.39 is 4.92 Å². The third kappa shape index (κ3) is 1.86. The Morgan fingerprint density at radius 1 is 1.69 bits per heavy atom. The van der Waals surface area contributed by atoms with Crippen LogP contribution in [0, 0.1) is 17.0 Å². The second kappa shape index (κ2) is 3.57. The van der Waals surface area contributed by atoms with Crippen LogP contribution in [-0.2, 0) is 0 Å². The van der Waals surface area contributed by atoms with Gasteiger partial charge < -0.3 is 4.74 Å². The summed E-state index contributed by atoms with van der Waals surface area (Å²) in [6.07, 6.45) is 0. The smallest absolute Gasteiger partial charge is 0.309 e. The molecule has 1 rings (SSSR count). The highest BCUT2D eigenvalue weighted by Crippen LogP contribution is 2.28. The molecule has 0 saturated carbocycles. The highest BCUT2D eigenvalue weighted by Gasteiger charge is 2.18. The first-order valence-corrected chi connectivity index (χ1v) is 3.79. The van der Waals surface area contributed by atoms with Crippen LogP contribution < -0.4 is 4.74 Å². The second-order valence-corrected chi connectivity index (χ2v) is 2.74. The lowest BCUT2D eigenvalue weighted by atomic mass is 10.2. The number of pyridine rings is 1. The molecule has 0 aliphatic heterocycles. The molecule has 0 amide bonds. The molecule has 0 unspecified atom stereocenters. The van der Waals surface area contributed by atoms with Gasteiger partial charge in [-0.1, -0.05) is 11.6 Å². The fraction of sp³-hybridized carbons (Fsp3) is 0.286. The summed E-state index contributed by atoms with van der Waals surface area (Å²) in [4.78, 5) is 13.6.